The maximum Gasteiger partial charge on any atom is 0.0789 e. The largest absolute Gasteiger partial charge is 0.327 e. The standard InChI is InChI=1S/C15H17ClN2/c1-10(2)12(9-17)8-11-5-6-14(16)13-4-3-7-18-15(11)13/h3-8,10H,9,17H2,1-2H3/b12-8+. The van der Waals surface area contributed by atoms with Crippen molar-refractivity contribution in [2.45, 2.75) is 13.8 Å². The van der Waals surface area contributed by atoms with E-state index in [0.717, 1.165) is 21.5 Å². The number of nitrogens with zero attached hydrogens (tertiary/aromatic N) is 1. The van der Waals surface area contributed by atoms with Crippen LogP contribution >= 0.6 is 11.6 Å². The molecule has 2 nitrogen and oxygen atoms in total. The van der Waals surface area contributed by atoms with Crippen LogP contribution in [0.15, 0.2) is 36.0 Å². The van der Waals surface area contributed by atoms with Gasteiger partial charge in [-0.25, -0.2) is 0 Å². The maximum atomic E-state index is 6.18. The molecule has 18 heavy (non-hydrogen) atoms. The Morgan fingerprint density at radius 3 is 2.83 bits per heavy atom. The van der Waals surface area contributed by atoms with Crippen molar-refractivity contribution in [3.05, 3.63) is 46.6 Å². The van der Waals surface area contributed by atoms with Gasteiger partial charge in [0.15, 0.2) is 0 Å². The van der Waals surface area contributed by atoms with E-state index in [1.807, 2.05) is 24.3 Å². The van der Waals surface area contributed by atoms with Gasteiger partial charge in [-0.05, 0) is 24.1 Å². The molecule has 2 N–H and O–H groups in total. The quantitative estimate of drug-likeness (QED) is 0.909. The van der Waals surface area contributed by atoms with E-state index in [0.29, 0.717) is 12.5 Å². The molecule has 0 amide bonds. The van der Waals surface area contributed by atoms with Gasteiger partial charge >= 0.3 is 0 Å². The molecule has 0 bridgehead atoms. The Morgan fingerprint density at radius 2 is 2.17 bits per heavy atom. The first kappa shape index (κ1) is 13.1. The summed E-state index contributed by atoms with van der Waals surface area (Å²) >= 11 is 6.18. The Morgan fingerprint density at radius 1 is 1.39 bits per heavy atom. The summed E-state index contributed by atoms with van der Waals surface area (Å²) in [6, 6.07) is 7.79. The van der Waals surface area contributed by atoms with E-state index in [1.165, 1.54) is 5.57 Å². The van der Waals surface area contributed by atoms with Gasteiger partial charge in [-0.3, -0.25) is 4.98 Å². The molecule has 3 heteroatoms. The average Bonchev–Trinajstić information content (AvgIpc) is 2.38. The van der Waals surface area contributed by atoms with Crippen LogP contribution in [-0.4, -0.2) is 11.5 Å². The second-order valence-corrected chi connectivity index (χ2v) is 5.02. The van der Waals surface area contributed by atoms with E-state index < -0.39 is 0 Å². The number of benzene rings is 1. The Balaban J connectivity index is 2.62. The molecule has 2 aromatic rings. The molecule has 0 radical (unpaired) electrons. The highest BCUT2D eigenvalue weighted by Gasteiger charge is 2.06. The normalized spacial score (nSPS) is 12.4. The van der Waals surface area contributed by atoms with Crippen molar-refractivity contribution in [2.24, 2.45) is 11.7 Å². The van der Waals surface area contributed by atoms with Crippen molar-refractivity contribution in [2.75, 3.05) is 6.54 Å². The SMILES string of the molecule is CC(C)/C(=C/c1ccc(Cl)c2cccnc12)CN. The molecule has 1 aromatic carbocycles. The molecule has 0 aliphatic carbocycles. The number of hydrogen-bond acceptors (Lipinski definition) is 2. The van der Waals surface area contributed by atoms with Crippen molar-refractivity contribution in [3.8, 4) is 0 Å². The lowest BCUT2D eigenvalue weighted by atomic mass is 9.99. The van der Waals surface area contributed by atoms with Gasteiger partial charge in [0.25, 0.3) is 0 Å². The summed E-state index contributed by atoms with van der Waals surface area (Å²) < 4.78 is 0. The van der Waals surface area contributed by atoms with E-state index in [1.54, 1.807) is 6.20 Å². The molecule has 0 aliphatic heterocycles. The first-order valence-electron chi connectivity index (χ1n) is 6.07. The van der Waals surface area contributed by atoms with E-state index in [4.69, 9.17) is 17.3 Å². The minimum Gasteiger partial charge on any atom is -0.327 e. The van der Waals surface area contributed by atoms with E-state index in [-0.39, 0.29) is 0 Å². The predicted molar refractivity (Wildman–Crippen MR) is 78.6 cm³/mol. The van der Waals surface area contributed by atoms with Crippen molar-refractivity contribution in [1.29, 1.82) is 0 Å². The lowest BCUT2D eigenvalue weighted by Gasteiger charge is -2.10. The third-order valence-corrected chi connectivity index (χ3v) is 3.40. The summed E-state index contributed by atoms with van der Waals surface area (Å²) in [5.41, 5.74) is 8.99. The minimum atomic E-state index is 0.435. The van der Waals surface area contributed by atoms with Gasteiger partial charge in [-0.15, -0.1) is 0 Å². The number of pyridine rings is 1. The van der Waals surface area contributed by atoms with E-state index in [9.17, 15) is 0 Å². The zero-order valence-corrected chi connectivity index (χ0v) is 11.4. The molecule has 0 atom stereocenters. The molecule has 0 saturated carbocycles. The van der Waals surface area contributed by atoms with Crippen LogP contribution in [0.5, 0.6) is 0 Å². The van der Waals surface area contributed by atoms with Gasteiger partial charge < -0.3 is 5.73 Å². The summed E-state index contributed by atoms with van der Waals surface area (Å²) in [5.74, 6) is 0.435. The van der Waals surface area contributed by atoms with Gasteiger partial charge in [0.05, 0.1) is 10.5 Å². The van der Waals surface area contributed by atoms with Gasteiger partial charge in [-0.1, -0.05) is 43.2 Å². The topological polar surface area (TPSA) is 38.9 Å². The summed E-state index contributed by atoms with van der Waals surface area (Å²) in [4.78, 5) is 4.42. The summed E-state index contributed by atoms with van der Waals surface area (Å²) in [6.07, 6.45) is 3.91. The van der Waals surface area contributed by atoms with Crippen LogP contribution in [0, 0.1) is 5.92 Å². The van der Waals surface area contributed by atoms with Gasteiger partial charge in [0, 0.05) is 23.7 Å². The maximum absolute atomic E-state index is 6.18. The lowest BCUT2D eigenvalue weighted by Crippen LogP contribution is -2.08. The summed E-state index contributed by atoms with van der Waals surface area (Å²) in [5, 5.41) is 1.71. The van der Waals surface area contributed by atoms with Crippen molar-refractivity contribution >= 4 is 28.6 Å². The zero-order valence-electron chi connectivity index (χ0n) is 10.7. The number of aromatic nitrogens is 1. The van der Waals surface area contributed by atoms with Crippen molar-refractivity contribution in [1.82, 2.24) is 4.98 Å². The van der Waals surface area contributed by atoms with Crippen LogP contribution in [0.25, 0.3) is 17.0 Å². The fourth-order valence-electron chi connectivity index (χ4n) is 1.94. The molecule has 0 unspecified atom stereocenters. The average molecular weight is 261 g/mol. The molecular formula is C15H17ClN2. The second kappa shape index (κ2) is 5.51. The highest BCUT2D eigenvalue weighted by molar-refractivity contribution is 6.35. The smallest absolute Gasteiger partial charge is 0.0789 e. The molecule has 0 aliphatic rings. The van der Waals surface area contributed by atoms with Crippen LogP contribution in [0.4, 0.5) is 0 Å². The van der Waals surface area contributed by atoms with Crippen molar-refractivity contribution < 1.29 is 0 Å². The molecule has 1 heterocycles. The zero-order chi connectivity index (χ0) is 13.1. The van der Waals surface area contributed by atoms with Gasteiger partial charge in [-0.2, -0.15) is 0 Å². The molecule has 2 rings (SSSR count). The van der Waals surface area contributed by atoms with Crippen molar-refractivity contribution in [3.63, 3.8) is 0 Å². The molecular weight excluding hydrogens is 244 g/mol. The first-order chi connectivity index (χ1) is 8.63. The Labute approximate surface area is 112 Å². The molecule has 94 valence electrons. The molecule has 1 aromatic heterocycles. The van der Waals surface area contributed by atoms with Crippen LogP contribution in [0.1, 0.15) is 19.4 Å². The fraction of sp³-hybridized carbons (Fsp3) is 0.267. The second-order valence-electron chi connectivity index (χ2n) is 4.61. The Bertz CT molecular complexity index is 588. The van der Waals surface area contributed by atoms with Crippen LogP contribution in [-0.2, 0) is 0 Å². The molecule has 0 saturated heterocycles. The van der Waals surface area contributed by atoms with E-state index in [2.05, 4.69) is 24.9 Å². The first-order valence-corrected chi connectivity index (χ1v) is 6.45. The fourth-order valence-corrected chi connectivity index (χ4v) is 2.15. The predicted octanol–water partition coefficient (Wildman–Crippen LogP) is 3.89. The third kappa shape index (κ3) is 2.55. The minimum absolute atomic E-state index is 0.435. The van der Waals surface area contributed by atoms with E-state index >= 15 is 0 Å². The number of hydrogen-bond donors (Lipinski definition) is 1. The molecule has 0 spiro atoms. The number of nitrogens with two attached hydrogens (primary N) is 1. The van der Waals surface area contributed by atoms with Gasteiger partial charge in [0.2, 0.25) is 0 Å². The third-order valence-electron chi connectivity index (χ3n) is 3.07. The van der Waals surface area contributed by atoms with Crippen LogP contribution in [0.3, 0.4) is 0 Å². The monoisotopic (exact) mass is 260 g/mol. The Hall–Kier alpha value is -1.38. The number of fused-ring (bicyclic) bond motifs is 1. The lowest BCUT2D eigenvalue weighted by molar-refractivity contribution is 0.753. The number of halogens is 1. The summed E-state index contributed by atoms with van der Waals surface area (Å²) in [7, 11) is 0. The van der Waals surface area contributed by atoms with Crippen LogP contribution < -0.4 is 5.73 Å². The van der Waals surface area contributed by atoms with Crippen LogP contribution in [0.2, 0.25) is 5.02 Å². The highest BCUT2D eigenvalue weighted by Crippen LogP contribution is 2.26. The molecule has 0 fully saturated rings. The Kier molecular flexibility index (Phi) is 4.00. The van der Waals surface area contributed by atoms with Gasteiger partial charge in [0.1, 0.15) is 0 Å². The highest BCUT2D eigenvalue weighted by atomic mass is 35.5. The summed E-state index contributed by atoms with van der Waals surface area (Å²) in [6.45, 7) is 4.85. The number of rotatable bonds is 3.